The summed E-state index contributed by atoms with van der Waals surface area (Å²) in [7, 11) is 0. The summed E-state index contributed by atoms with van der Waals surface area (Å²) in [6.07, 6.45) is 3.32. The lowest BCUT2D eigenvalue weighted by atomic mass is 9.93. The normalized spacial score (nSPS) is 23.9. The zero-order chi connectivity index (χ0) is 13.4. The summed E-state index contributed by atoms with van der Waals surface area (Å²) in [4.78, 5) is 4.38. The van der Waals surface area contributed by atoms with Crippen LogP contribution in [0.5, 0.6) is 0 Å². The summed E-state index contributed by atoms with van der Waals surface area (Å²) in [5.74, 6) is 0.520. The molecule has 0 bridgehead atoms. The second kappa shape index (κ2) is 4.83. The number of aromatic nitrogens is 2. The molecule has 1 aromatic heterocycles. The molecule has 4 N–H and O–H groups in total. The number of anilines is 1. The number of hydrogen-bond donors (Lipinski definition) is 3. The lowest BCUT2D eigenvalue weighted by Gasteiger charge is -2.27. The number of benzene rings is 1. The van der Waals surface area contributed by atoms with Crippen LogP contribution in [0.25, 0.3) is 11.0 Å². The number of aliphatic hydroxyl groups excluding tert-OH is 2. The first-order chi connectivity index (χ1) is 9.19. The second-order valence-corrected chi connectivity index (χ2v) is 5.28. The van der Waals surface area contributed by atoms with Gasteiger partial charge in [0.1, 0.15) is 0 Å². The molecule has 1 aliphatic rings. The van der Waals surface area contributed by atoms with Gasteiger partial charge < -0.3 is 20.5 Å². The number of nitrogen functional groups attached to an aromatic ring is 1. The van der Waals surface area contributed by atoms with Crippen LogP contribution in [-0.2, 0) is 6.61 Å². The van der Waals surface area contributed by atoms with E-state index >= 15 is 0 Å². The minimum absolute atomic E-state index is 0.0122. The Morgan fingerprint density at radius 3 is 2.68 bits per heavy atom. The van der Waals surface area contributed by atoms with Crippen molar-refractivity contribution in [2.45, 2.75) is 44.4 Å². The molecule has 2 aromatic rings. The standard InChI is InChI=1S/C14H19N3O2/c15-14-16-12-7-9(8-18)1-6-13(12)17(14)10-2-4-11(19)5-3-10/h1,6-7,10-11,18-19H,2-5,8H2,(H2,15,16). The Balaban J connectivity index is 2.01. The Kier molecular flexibility index (Phi) is 3.16. The van der Waals surface area contributed by atoms with Gasteiger partial charge in [-0.25, -0.2) is 4.98 Å². The first-order valence-corrected chi connectivity index (χ1v) is 6.74. The van der Waals surface area contributed by atoms with Gasteiger partial charge in [0.25, 0.3) is 0 Å². The van der Waals surface area contributed by atoms with Crippen LogP contribution in [0, 0.1) is 0 Å². The molecule has 0 radical (unpaired) electrons. The van der Waals surface area contributed by atoms with E-state index in [1.54, 1.807) is 0 Å². The molecule has 1 aliphatic carbocycles. The summed E-state index contributed by atoms with van der Waals surface area (Å²) in [5.41, 5.74) is 8.72. The van der Waals surface area contributed by atoms with Gasteiger partial charge in [-0.05, 0) is 43.4 Å². The van der Waals surface area contributed by atoms with Gasteiger partial charge in [0.2, 0.25) is 5.95 Å². The fraction of sp³-hybridized carbons (Fsp3) is 0.500. The van der Waals surface area contributed by atoms with Crippen LogP contribution in [0.15, 0.2) is 18.2 Å². The van der Waals surface area contributed by atoms with Crippen LogP contribution in [0.3, 0.4) is 0 Å². The van der Waals surface area contributed by atoms with Gasteiger partial charge in [-0.15, -0.1) is 0 Å². The van der Waals surface area contributed by atoms with E-state index in [2.05, 4.69) is 9.55 Å². The molecule has 5 heteroatoms. The summed E-state index contributed by atoms with van der Waals surface area (Å²) < 4.78 is 2.07. The maximum absolute atomic E-state index is 9.59. The molecule has 1 aromatic carbocycles. The number of hydrogen-bond acceptors (Lipinski definition) is 4. The van der Waals surface area contributed by atoms with Crippen LogP contribution in [0.1, 0.15) is 37.3 Å². The van der Waals surface area contributed by atoms with E-state index in [0.717, 1.165) is 42.3 Å². The largest absolute Gasteiger partial charge is 0.393 e. The predicted octanol–water partition coefficient (Wildman–Crippen LogP) is 1.59. The molecule has 0 amide bonds. The summed E-state index contributed by atoms with van der Waals surface area (Å²) in [6, 6.07) is 6.06. The SMILES string of the molecule is Nc1nc2cc(CO)ccc2n1C1CCC(O)CC1. The molecule has 1 fully saturated rings. The van der Waals surface area contributed by atoms with E-state index in [1.165, 1.54) is 0 Å². The van der Waals surface area contributed by atoms with Crippen molar-refractivity contribution < 1.29 is 10.2 Å². The summed E-state index contributed by atoms with van der Waals surface area (Å²) >= 11 is 0. The van der Waals surface area contributed by atoms with Gasteiger partial charge >= 0.3 is 0 Å². The molecule has 3 rings (SSSR count). The van der Waals surface area contributed by atoms with E-state index in [9.17, 15) is 5.11 Å². The maximum Gasteiger partial charge on any atom is 0.201 e. The fourth-order valence-corrected chi connectivity index (χ4v) is 2.96. The maximum atomic E-state index is 9.59. The molecule has 1 heterocycles. The molecule has 0 spiro atoms. The van der Waals surface area contributed by atoms with Crippen LogP contribution >= 0.6 is 0 Å². The zero-order valence-electron chi connectivity index (χ0n) is 10.8. The molecule has 0 saturated heterocycles. The van der Waals surface area contributed by atoms with Crippen LogP contribution in [0.2, 0.25) is 0 Å². The molecule has 0 aliphatic heterocycles. The van der Waals surface area contributed by atoms with E-state index < -0.39 is 0 Å². The highest BCUT2D eigenvalue weighted by molar-refractivity contribution is 5.79. The van der Waals surface area contributed by atoms with E-state index in [1.807, 2.05) is 18.2 Å². The van der Waals surface area contributed by atoms with Crippen LogP contribution in [0.4, 0.5) is 5.95 Å². The van der Waals surface area contributed by atoms with Crippen molar-refractivity contribution >= 4 is 17.0 Å². The van der Waals surface area contributed by atoms with Gasteiger partial charge in [-0.1, -0.05) is 6.07 Å². The summed E-state index contributed by atoms with van der Waals surface area (Å²) in [6.45, 7) is 0.0122. The third-order valence-corrected chi connectivity index (χ3v) is 4.00. The highest BCUT2D eigenvalue weighted by atomic mass is 16.3. The number of nitrogens with zero attached hydrogens (tertiary/aromatic N) is 2. The number of aliphatic hydroxyl groups is 2. The van der Waals surface area contributed by atoms with Crippen molar-refractivity contribution in [3.63, 3.8) is 0 Å². The van der Waals surface area contributed by atoms with Gasteiger partial charge in [-0.2, -0.15) is 0 Å². The van der Waals surface area contributed by atoms with Crippen molar-refractivity contribution in [3.05, 3.63) is 23.8 Å². The third-order valence-electron chi connectivity index (χ3n) is 4.00. The lowest BCUT2D eigenvalue weighted by Crippen LogP contribution is -2.22. The first kappa shape index (κ1) is 12.4. The van der Waals surface area contributed by atoms with Gasteiger partial charge in [0.15, 0.2) is 0 Å². The number of nitrogens with two attached hydrogens (primary N) is 1. The minimum atomic E-state index is -0.173. The van der Waals surface area contributed by atoms with E-state index in [-0.39, 0.29) is 12.7 Å². The second-order valence-electron chi connectivity index (χ2n) is 5.28. The third kappa shape index (κ3) is 2.19. The Hall–Kier alpha value is -1.59. The molecular formula is C14H19N3O2. The molecule has 102 valence electrons. The smallest absolute Gasteiger partial charge is 0.201 e. The van der Waals surface area contributed by atoms with Crippen LogP contribution in [-0.4, -0.2) is 25.9 Å². The van der Waals surface area contributed by atoms with Gasteiger partial charge in [-0.3, -0.25) is 0 Å². The average Bonchev–Trinajstić information content (AvgIpc) is 2.74. The van der Waals surface area contributed by atoms with E-state index in [4.69, 9.17) is 10.8 Å². The van der Waals surface area contributed by atoms with Crippen molar-refractivity contribution in [1.82, 2.24) is 9.55 Å². The van der Waals surface area contributed by atoms with Crippen molar-refractivity contribution in [2.24, 2.45) is 0 Å². The molecule has 0 atom stereocenters. The Morgan fingerprint density at radius 2 is 2.00 bits per heavy atom. The fourth-order valence-electron chi connectivity index (χ4n) is 2.96. The highest BCUT2D eigenvalue weighted by Crippen LogP contribution is 2.33. The van der Waals surface area contributed by atoms with Crippen molar-refractivity contribution in [3.8, 4) is 0 Å². The number of fused-ring (bicyclic) bond motifs is 1. The number of rotatable bonds is 2. The minimum Gasteiger partial charge on any atom is -0.393 e. The first-order valence-electron chi connectivity index (χ1n) is 6.74. The lowest BCUT2D eigenvalue weighted by molar-refractivity contribution is 0.112. The number of imidazole rings is 1. The van der Waals surface area contributed by atoms with Crippen molar-refractivity contribution in [1.29, 1.82) is 0 Å². The Labute approximate surface area is 111 Å². The van der Waals surface area contributed by atoms with Gasteiger partial charge in [0, 0.05) is 6.04 Å². The Morgan fingerprint density at radius 1 is 1.26 bits per heavy atom. The van der Waals surface area contributed by atoms with E-state index in [0.29, 0.717) is 12.0 Å². The molecule has 19 heavy (non-hydrogen) atoms. The van der Waals surface area contributed by atoms with Crippen LogP contribution < -0.4 is 5.73 Å². The quantitative estimate of drug-likeness (QED) is 0.766. The molecular weight excluding hydrogens is 242 g/mol. The highest BCUT2D eigenvalue weighted by Gasteiger charge is 2.23. The zero-order valence-corrected chi connectivity index (χ0v) is 10.8. The predicted molar refractivity (Wildman–Crippen MR) is 73.6 cm³/mol. The summed E-state index contributed by atoms with van der Waals surface area (Å²) in [5, 5.41) is 18.7. The van der Waals surface area contributed by atoms with Gasteiger partial charge in [0.05, 0.1) is 23.7 Å². The monoisotopic (exact) mass is 261 g/mol. The molecule has 0 unspecified atom stereocenters. The van der Waals surface area contributed by atoms with Crippen molar-refractivity contribution in [2.75, 3.05) is 5.73 Å². The topological polar surface area (TPSA) is 84.3 Å². The molecule has 1 saturated carbocycles. The molecule has 5 nitrogen and oxygen atoms in total. The Bertz CT molecular complexity index is 586. The average molecular weight is 261 g/mol.